The Morgan fingerprint density at radius 1 is 1.09 bits per heavy atom. The van der Waals surface area contributed by atoms with Crippen molar-refractivity contribution in [2.45, 2.75) is 5.75 Å². The maximum Gasteiger partial charge on any atom is 0.254 e. The van der Waals surface area contributed by atoms with E-state index >= 15 is 0 Å². The Labute approximate surface area is 148 Å². The number of benzene rings is 2. The molecule has 0 unspecified atom stereocenters. The summed E-state index contributed by atoms with van der Waals surface area (Å²) < 4.78 is 0. The molecule has 0 aliphatic rings. The first-order chi connectivity index (χ1) is 11.0. The molecule has 3 N–H and O–H groups in total. The van der Waals surface area contributed by atoms with E-state index in [1.54, 1.807) is 42.1 Å². The molecule has 0 fully saturated rings. The Balaban J connectivity index is 1.78. The van der Waals surface area contributed by atoms with Crippen molar-refractivity contribution in [3.05, 3.63) is 57.6 Å². The molecule has 1 amide bonds. The summed E-state index contributed by atoms with van der Waals surface area (Å²) in [5.74, 6) is 1.04. The lowest BCUT2D eigenvalue weighted by atomic mass is 10.2. The molecule has 0 spiro atoms. The average Bonchev–Trinajstić information content (AvgIpc) is 2.45. The topological polar surface area (TPSA) is 69.6 Å². The monoisotopic (exact) mass is 371 g/mol. The van der Waals surface area contributed by atoms with Gasteiger partial charge in [-0.2, -0.15) is 11.8 Å². The molecule has 0 bridgehead atoms. The summed E-state index contributed by atoms with van der Waals surface area (Å²) in [6, 6.07) is 9.38. The second-order valence-corrected chi connectivity index (χ2v) is 6.68. The van der Waals surface area contributed by atoms with Gasteiger partial charge in [-0.3, -0.25) is 4.79 Å². The fourth-order valence-electron chi connectivity index (χ4n) is 1.97. The summed E-state index contributed by atoms with van der Waals surface area (Å²) >= 11 is 13.5. The number of aromatic hydroxyl groups is 2. The summed E-state index contributed by atoms with van der Waals surface area (Å²) in [5, 5.41) is 22.2. The Bertz CT molecular complexity index is 669. The zero-order chi connectivity index (χ0) is 16.8. The maximum absolute atomic E-state index is 12.1. The van der Waals surface area contributed by atoms with Crippen molar-refractivity contribution >= 4 is 40.9 Å². The van der Waals surface area contributed by atoms with Gasteiger partial charge in [-0.1, -0.05) is 29.3 Å². The minimum absolute atomic E-state index is 0.0299. The zero-order valence-corrected chi connectivity index (χ0v) is 14.4. The maximum atomic E-state index is 12.1. The number of carbonyl (C=O) groups excluding carboxylic acids is 1. The van der Waals surface area contributed by atoms with Crippen molar-refractivity contribution in [2.24, 2.45) is 0 Å². The van der Waals surface area contributed by atoms with Gasteiger partial charge in [0.1, 0.15) is 11.5 Å². The highest BCUT2D eigenvalue weighted by atomic mass is 35.5. The molecule has 0 saturated carbocycles. The quantitative estimate of drug-likeness (QED) is 0.669. The van der Waals surface area contributed by atoms with Gasteiger partial charge in [0, 0.05) is 24.1 Å². The van der Waals surface area contributed by atoms with Crippen molar-refractivity contribution in [3.8, 4) is 11.5 Å². The number of thioether (sulfide) groups is 1. The summed E-state index contributed by atoms with van der Waals surface area (Å²) in [6.07, 6.45) is 0. The molecule has 2 aromatic carbocycles. The molecular formula is C16H15Cl2NO3S. The first-order valence-electron chi connectivity index (χ1n) is 6.79. The Morgan fingerprint density at radius 3 is 2.30 bits per heavy atom. The molecule has 0 aromatic heterocycles. The lowest BCUT2D eigenvalue weighted by molar-refractivity contribution is 0.0956. The molecule has 0 aliphatic heterocycles. The number of nitrogens with one attached hydrogen (secondary N) is 1. The van der Waals surface area contributed by atoms with Crippen molar-refractivity contribution in [2.75, 3.05) is 12.3 Å². The summed E-state index contributed by atoms with van der Waals surface area (Å²) in [7, 11) is 0. The van der Waals surface area contributed by atoms with E-state index in [1.807, 2.05) is 0 Å². The van der Waals surface area contributed by atoms with E-state index in [-0.39, 0.29) is 23.0 Å². The molecular weight excluding hydrogens is 357 g/mol. The summed E-state index contributed by atoms with van der Waals surface area (Å²) in [5.41, 5.74) is 1.09. The molecule has 23 heavy (non-hydrogen) atoms. The molecule has 2 rings (SSSR count). The number of hydrogen-bond donors (Lipinski definition) is 3. The summed E-state index contributed by atoms with van der Waals surface area (Å²) in [6.45, 7) is 0.454. The fraction of sp³-hybridized carbons (Fsp3) is 0.188. The van der Waals surface area contributed by atoms with Crippen LogP contribution in [0.15, 0.2) is 36.4 Å². The van der Waals surface area contributed by atoms with Gasteiger partial charge in [0.05, 0.1) is 15.6 Å². The van der Waals surface area contributed by atoms with Crippen LogP contribution in [0.3, 0.4) is 0 Å². The molecule has 0 saturated heterocycles. The van der Waals surface area contributed by atoms with E-state index < -0.39 is 0 Å². The van der Waals surface area contributed by atoms with Crippen LogP contribution in [0.4, 0.5) is 0 Å². The SMILES string of the molecule is O=C(NCCSCc1cc(O)cc(O)c1)c1c(Cl)cccc1Cl. The van der Waals surface area contributed by atoms with Crippen LogP contribution < -0.4 is 5.32 Å². The molecule has 0 radical (unpaired) electrons. The second kappa shape index (κ2) is 8.34. The second-order valence-electron chi connectivity index (χ2n) is 4.76. The van der Waals surface area contributed by atoms with Crippen LogP contribution in [0.25, 0.3) is 0 Å². The van der Waals surface area contributed by atoms with Crippen molar-refractivity contribution < 1.29 is 15.0 Å². The number of rotatable bonds is 6. The van der Waals surface area contributed by atoms with Gasteiger partial charge >= 0.3 is 0 Å². The minimum atomic E-state index is -0.309. The van der Waals surface area contributed by atoms with Crippen molar-refractivity contribution in [1.82, 2.24) is 5.32 Å². The van der Waals surface area contributed by atoms with Crippen LogP contribution in [0.1, 0.15) is 15.9 Å². The van der Waals surface area contributed by atoms with Crippen LogP contribution in [-0.4, -0.2) is 28.4 Å². The normalized spacial score (nSPS) is 10.5. The lowest BCUT2D eigenvalue weighted by Gasteiger charge is -2.08. The van der Waals surface area contributed by atoms with Crippen LogP contribution in [0.5, 0.6) is 11.5 Å². The van der Waals surface area contributed by atoms with Crippen LogP contribution in [0, 0.1) is 0 Å². The fourth-order valence-corrected chi connectivity index (χ4v) is 3.33. The minimum Gasteiger partial charge on any atom is -0.508 e. The largest absolute Gasteiger partial charge is 0.508 e. The Hall–Kier alpha value is -1.56. The molecule has 7 heteroatoms. The molecule has 0 heterocycles. The van der Waals surface area contributed by atoms with Gasteiger partial charge in [0.15, 0.2) is 0 Å². The summed E-state index contributed by atoms with van der Waals surface area (Å²) in [4.78, 5) is 12.1. The van der Waals surface area contributed by atoms with Gasteiger partial charge in [-0.25, -0.2) is 0 Å². The first-order valence-corrected chi connectivity index (χ1v) is 8.70. The van der Waals surface area contributed by atoms with Crippen LogP contribution >= 0.6 is 35.0 Å². The van der Waals surface area contributed by atoms with E-state index in [1.165, 1.54) is 6.07 Å². The smallest absolute Gasteiger partial charge is 0.254 e. The number of carbonyl (C=O) groups is 1. The van der Waals surface area contributed by atoms with E-state index in [0.717, 1.165) is 5.56 Å². The Kier molecular flexibility index (Phi) is 6.45. The van der Waals surface area contributed by atoms with E-state index in [2.05, 4.69) is 5.32 Å². The van der Waals surface area contributed by atoms with Crippen LogP contribution in [-0.2, 0) is 5.75 Å². The molecule has 0 atom stereocenters. The average molecular weight is 372 g/mol. The Morgan fingerprint density at radius 2 is 1.70 bits per heavy atom. The third-order valence-electron chi connectivity index (χ3n) is 2.95. The van der Waals surface area contributed by atoms with Gasteiger partial charge in [-0.15, -0.1) is 0 Å². The predicted octanol–water partition coefficient (Wildman–Crippen LogP) is 4.07. The van der Waals surface area contributed by atoms with E-state index in [9.17, 15) is 15.0 Å². The predicted molar refractivity (Wildman–Crippen MR) is 94.7 cm³/mol. The highest BCUT2D eigenvalue weighted by molar-refractivity contribution is 7.98. The molecule has 4 nitrogen and oxygen atoms in total. The number of amides is 1. The number of halogens is 2. The zero-order valence-electron chi connectivity index (χ0n) is 12.1. The molecule has 0 aliphatic carbocycles. The molecule has 122 valence electrons. The first kappa shape index (κ1) is 17.8. The number of hydrogen-bond acceptors (Lipinski definition) is 4. The highest BCUT2D eigenvalue weighted by Gasteiger charge is 2.13. The van der Waals surface area contributed by atoms with Gasteiger partial charge in [0.25, 0.3) is 5.91 Å². The van der Waals surface area contributed by atoms with Gasteiger partial charge in [0.2, 0.25) is 0 Å². The standard InChI is InChI=1S/C16H15Cl2NO3S/c17-13-2-1-3-14(18)15(13)16(22)19-4-5-23-9-10-6-11(20)8-12(21)7-10/h1-3,6-8,20-21H,4-5,9H2,(H,19,22). The van der Waals surface area contributed by atoms with Crippen LogP contribution in [0.2, 0.25) is 10.0 Å². The van der Waals surface area contributed by atoms with Gasteiger partial charge < -0.3 is 15.5 Å². The van der Waals surface area contributed by atoms with Crippen molar-refractivity contribution in [3.63, 3.8) is 0 Å². The number of phenols is 2. The van der Waals surface area contributed by atoms with E-state index in [0.29, 0.717) is 28.1 Å². The van der Waals surface area contributed by atoms with Crippen molar-refractivity contribution in [1.29, 1.82) is 0 Å². The number of phenolic OH excluding ortho intramolecular Hbond substituents is 2. The molecule has 2 aromatic rings. The third-order valence-corrected chi connectivity index (χ3v) is 4.61. The third kappa shape index (κ3) is 5.23. The van der Waals surface area contributed by atoms with Gasteiger partial charge in [-0.05, 0) is 29.8 Å². The lowest BCUT2D eigenvalue weighted by Crippen LogP contribution is -2.26. The van der Waals surface area contributed by atoms with E-state index in [4.69, 9.17) is 23.2 Å². The highest BCUT2D eigenvalue weighted by Crippen LogP contribution is 2.25.